The van der Waals surface area contributed by atoms with Gasteiger partial charge in [0.1, 0.15) is 18.2 Å². The smallest absolute Gasteiger partial charge is 0.404 e. The lowest BCUT2D eigenvalue weighted by Crippen LogP contribution is -2.26. The van der Waals surface area contributed by atoms with Gasteiger partial charge in [0.15, 0.2) is 9.84 Å². The van der Waals surface area contributed by atoms with Gasteiger partial charge in [0.2, 0.25) is 0 Å². The van der Waals surface area contributed by atoms with E-state index in [4.69, 9.17) is 9.84 Å². The molecule has 0 fully saturated rings. The van der Waals surface area contributed by atoms with Crippen LogP contribution in [0.2, 0.25) is 0 Å². The molecule has 1 amide bonds. The molecule has 0 heterocycles. The van der Waals surface area contributed by atoms with Crippen LogP contribution in [0.15, 0.2) is 23.1 Å². The first kappa shape index (κ1) is 14.2. The summed E-state index contributed by atoms with van der Waals surface area (Å²) in [5.74, 6) is -0.707. The first-order valence-corrected chi connectivity index (χ1v) is 6.78. The predicted octanol–water partition coefficient (Wildman–Crippen LogP) is 0.876. The third-order valence-corrected chi connectivity index (χ3v) is 3.01. The zero-order valence-electron chi connectivity index (χ0n) is 9.51. The summed E-state index contributed by atoms with van der Waals surface area (Å²) < 4.78 is 40.7. The van der Waals surface area contributed by atoms with Gasteiger partial charge in [0.05, 0.1) is 11.4 Å². The summed E-state index contributed by atoms with van der Waals surface area (Å²) in [5.41, 5.74) is 0. The lowest BCUT2D eigenvalue weighted by Gasteiger charge is -2.07. The Balaban J connectivity index is 2.72. The number of sulfone groups is 1. The SMILES string of the molecule is CS(=O)(=O)c1cc(F)cc(OCCNC(=O)O)c1. The number of hydrogen-bond acceptors (Lipinski definition) is 4. The lowest BCUT2D eigenvalue weighted by atomic mass is 10.3. The normalized spacial score (nSPS) is 11.0. The van der Waals surface area contributed by atoms with E-state index in [0.717, 1.165) is 18.4 Å². The number of carboxylic acid groups (broad SMARTS) is 1. The maximum Gasteiger partial charge on any atom is 0.404 e. The highest BCUT2D eigenvalue weighted by atomic mass is 32.2. The monoisotopic (exact) mass is 277 g/mol. The molecular weight excluding hydrogens is 265 g/mol. The molecule has 6 nitrogen and oxygen atoms in total. The van der Waals surface area contributed by atoms with Crippen LogP contribution in [0, 0.1) is 5.82 Å². The van der Waals surface area contributed by atoms with E-state index >= 15 is 0 Å². The highest BCUT2D eigenvalue weighted by Crippen LogP contribution is 2.19. The number of ether oxygens (including phenoxy) is 1. The topological polar surface area (TPSA) is 92.7 Å². The number of carbonyl (C=O) groups is 1. The molecule has 0 radical (unpaired) electrons. The maximum atomic E-state index is 13.1. The van der Waals surface area contributed by atoms with E-state index in [1.54, 1.807) is 0 Å². The predicted molar refractivity (Wildman–Crippen MR) is 61.0 cm³/mol. The Kier molecular flexibility index (Phi) is 4.49. The molecule has 0 aliphatic rings. The molecule has 0 atom stereocenters. The molecule has 0 bridgehead atoms. The number of rotatable bonds is 5. The fourth-order valence-electron chi connectivity index (χ4n) is 1.16. The van der Waals surface area contributed by atoms with E-state index in [-0.39, 0.29) is 23.8 Å². The first-order chi connectivity index (χ1) is 8.29. The summed E-state index contributed by atoms with van der Waals surface area (Å²) in [5, 5.41) is 10.4. The van der Waals surface area contributed by atoms with Crippen molar-refractivity contribution in [1.29, 1.82) is 0 Å². The Hall–Kier alpha value is -1.83. The zero-order valence-corrected chi connectivity index (χ0v) is 10.3. The van der Waals surface area contributed by atoms with Gasteiger partial charge in [-0.3, -0.25) is 0 Å². The first-order valence-electron chi connectivity index (χ1n) is 4.89. The van der Waals surface area contributed by atoms with Gasteiger partial charge in [0, 0.05) is 12.3 Å². The van der Waals surface area contributed by atoms with Crippen LogP contribution in [-0.4, -0.2) is 39.0 Å². The van der Waals surface area contributed by atoms with Gasteiger partial charge in [-0.25, -0.2) is 17.6 Å². The Morgan fingerprint density at radius 2 is 2.11 bits per heavy atom. The molecule has 8 heteroatoms. The zero-order chi connectivity index (χ0) is 13.8. The van der Waals surface area contributed by atoms with Crippen LogP contribution in [0.25, 0.3) is 0 Å². The Morgan fingerprint density at radius 1 is 1.44 bits per heavy atom. The van der Waals surface area contributed by atoms with Crippen molar-refractivity contribution in [1.82, 2.24) is 5.32 Å². The number of nitrogens with one attached hydrogen (secondary N) is 1. The number of benzene rings is 1. The molecule has 100 valence electrons. The minimum atomic E-state index is -3.52. The molecule has 0 aromatic heterocycles. The second-order valence-electron chi connectivity index (χ2n) is 3.48. The number of amides is 1. The molecule has 0 unspecified atom stereocenters. The van der Waals surface area contributed by atoms with Crippen LogP contribution >= 0.6 is 0 Å². The Labute approximate surface area is 103 Å². The van der Waals surface area contributed by atoms with Crippen molar-refractivity contribution in [2.24, 2.45) is 0 Å². The number of halogens is 1. The van der Waals surface area contributed by atoms with E-state index in [9.17, 15) is 17.6 Å². The lowest BCUT2D eigenvalue weighted by molar-refractivity contribution is 0.191. The van der Waals surface area contributed by atoms with Gasteiger partial charge >= 0.3 is 6.09 Å². The highest BCUT2D eigenvalue weighted by Gasteiger charge is 2.11. The summed E-state index contributed by atoms with van der Waals surface area (Å²) in [6.45, 7) is -0.0149. The van der Waals surface area contributed by atoms with E-state index in [1.807, 2.05) is 0 Å². The van der Waals surface area contributed by atoms with Gasteiger partial charge in [-0.15, -0.1) is 0 Å². The van der Waals surface area contributed by atoms with E-state index in [0.29, 0.717) is 0 Å². The van der Waals surface area contributed by atoms with Crippen molar-refractivity contribution < 1.29 is 27.4 Å². The van der Waals surface area contributed by atoms with Crippen molar-refractivity contribution >= 4 is 15.9 Å². The highest BCUT2D eigenvalue weighted by molar-refractivity contribution is 7.90. The Bertz CT molecular complexity index is 543. The second-order valence-corrected chi connectivity index (χ2v) is 5.49. The molecule has 0 aliphatic heterocycles. The minimum Gasteiger partial charge on any atom is -0.492 e. The summed E-state index contributed by atoms with van der Waals surface area (Å²) in [7, 11) is -3.52. The van der Waals surface area contributed by atoms with Gasteiger partial charge in [0.25, 0.3) is 0 Å². The molecule has 0 saturated carbocycles. The van der Waals surface area contributed by atoms with E-state index < -0.39 is 21.7 Å². The maximum absolute atomic E-state index is 13.1. The molecule has 1 rings (SSSR count). The van der Waals surface area contributed by atoms with Crippen LogP contribution < -0.4 is 10.1 Å². The van der Waals surface area contributed by atoms with Crippen molar-refractivity contribution in [3.63, 3.8) is 0 Å². The summed E-state index contributed by atoms with van der Waals surface area (Å²) in [6, 6.07) is 3.09. The molecule has 0 aliphatic carbocycles. The minimum absolute atomic E-state index is 0.0139. The second kappa shape index (κ2) is 5.67. The summed E-state index contributed by atoms with van der Waals surface area (Å²) >= 11 is 0. The average molecular weight is 277 g/mol. The van der Waals surface area contributed by atoms with Crippen LogP contribution in [-0.2, 0) is 9.84 Å². The van der Waals surface area contributed by atoms with Crippen molar-refractivity contribution in [2.45, 2.75) is 4.90 Å². The van der Waals surface area contributed by atoms with Gasteiger partial charge in [-0.1, -0.05) is 0 Å². The summed E-state index contributed by atoms with van der Waals surface area (Å²) in [6.07, 6.45) is -0.243. The third kappa shape index (κ3) is 4.58. The largest absolute Gasteiger partial charge is 0.492 e. The van der Waals surface area contributed by atoms with Gasteiger partial charge < -0.3 is 15.2 Å². The quantitative estimate of drug-likeness (QED) is 0.779. The van der Waals surface area contributed by atoms with E-state index in [1.165, 1.54) is 6.07 Å². The van der Waals surface area contributed by atoms with Crippen LogP contribution in [0.5, 0.6) is 5.75 Å². The fourth-order valence-corrected chi connectivity index (χ4v) is 1.82. The Morgan fingerprint density at radius 3 is 2.67 bits per heavy atom. The molecule has 1 aromatic carbocycles. The molecular formula is C10H12FNO5S. The third-order valence-electron chi connectivity index (χ3n) is 1.92. The van der Waals surface area contributed by atoms with Crippen LogP contribution in [0.4, 0.5) is 9.18 Å². The van der Waals surface area contributed by atoms with Crippen LogP contribution in [0.1, 0.15) is 0 Å². The summed E-state index contributed by atoms with van der Waals surface area (Å²) in [4.78, 5) is 9.95. The van der Waals surface area contributed by atoms with Gasteiger partial charge in [-0.2, -0.15) is 0 Å². The standard InChI is InChI=1S/C10H12FNO5S/c1-18(15,16)9-5-7(11)4-8(6-9)17-3-2-12-10(13)14/h4-6,12H,2-3H2,1H3,(H,13,14). The average Bonchev–Trinajstić information content (AvgIpc) is 2.22. The van der Waals surface area contributed by atoms with Crippen LogP contribution in [0.3, 0.4) is 0 Å². The van der Waals surface area contributed by atoms with E-state index in [2.05, 4.69) is 5.32 Å². The molecule has 2 N–H and O–H groups in total. The fraction of sp³-hybridized carbons (Fsp3) is 0.300. The molecule has 18 heavy (non-hydrogen) atoms. The molecule has 0 spiro atoms. The van der Waals surface area contributed by atoms with Crippen molar-refractivity contribution in [3.8, 4) is 5.75 Å². The van der Waals surface area contributed by atoms with Gasteiger partial charge in [-0.05, 0) is 12.1 Å². The number of hydrogen-bond donors (Lipinski definition) is 2. The molecule has 1 aromatic rings. The molecule has 0 saturated heterocycles. The van der Waals surface area contributed by atoms with Crippen molar-refractivity contribution in [2.75, 3.05) is 19.4 Å². The van der Waals surface area contributed by atoms with Crippen molar-refractivity contribution in [3.05, 3.63) is 24.0 Å².